The zero-order valence-electron chi connectivity index (χ0n) is 12.2. The zero-order valence-corrected chi connectivity index (χ0v) is 12.2. The lowest BCUT2D eigenvalue weighted by Crippen LogP contribution is -2.10. The largest absolute Gasteiger partial charge is 0.504 e. The van der Waals surface area contributed by atoms with E-state index in [1.165, 1.54) is 18.3 Å². The number of carbonyl (C=O) groups excluding carboxylic acids is 1. The fraction of sp³-hybridized carbons (Fsp3) is 0.0588. The van der Waals surface area contributed by atoms with Gasteiger partial charge in [0, 0.05) is 6.07 Å². The Morgan fingerprint density at radius 2 is 1.96 bits per heavy atom. The number of hydrogen-bond acceptors (Lipinski definition) is 6. The number of hydrogen-bond donors (Lipinski definition) is 2. The topological polar surface area (TPSA) is 92.8 Å². The Kier molecular flexibility index (Phi) is 3.72. The van der Waals surface area contributed by atoms with E-state index in [1.54, 1.807) is 25.1 Å². The van der Waals surface area contributed by atoms with Crippen LogP contribution in [0.4, 0.5) is 0 Å². The van der Waals surface area contributed by atoms with Crippen molar-refractivity contribution >= 4 is 5.97 Å². The van der Waals surface area contributed by atoms with Gasteiger partial charge in [0.1, 0.15) is 5.75 Å². The van der Waals surface area contributed by atoms with E-state index in [0.29, 0.717) is 17.1 Å². The summed E-state index contributed by atoms with van der Waals surface area (Å²) in [5.74, 6) is -0.526. The normalized spacial score (nSPS) is 10.5. The van der Waals surface area contributed by atoms with E-state index in [0.717, 1.165) is 11.6 Å². The monoisotopic (exact) mass is 311 g/mol. The van der Waals surface area contributed by atoms with Crippen LogP contribution >= 0.6 is 0 Å². The first-order chi connectivity index (χ1) is 11.1. The van der Waals surface area contributed by atoms with Crippen molar-refractivity contribution in [3.05, 3.63) is 59.8 Å². The molecule has 2 aromatic carbocycles. The number of para-hydroxylation sites is 1. The number of phenols is 2. The Morgan fingerprint density at radius 3 is 2.65 bits per heavy atom. The molecule has 0 fully saturated rings. The summed E-state index contributed by atoms with van der Waals surface area (Å²) in [5.41, 5.74) is 1.46. The number of aromatic hydroxyl groups is 2. The molecular weight excluding hydrogens is 298 g/mol. The first kappa shape index (κ1) is 14.6. The summed E-state index contributed by atoms with van der Waals surface area (Å²) in [5, 5.41) is 22.5. The first-order valence-electron chi connectivity index (χ1n) is 6.81. The molecule has 23 heavy (non-hydrogen) atoms. The van der Waals surface area contributed by atoms with Gasteiger partial charge in [-0.3, -0.25) is 0 Å². The zero-order chi connectivity index (χ0) is 16.4. The minimum atomic E-state index is -0.657. The van der Waals surface area contributed by atoms with Gasteiger partial charge in [-0.1, -0.05) is 17.3 Å². The molecule has 0 saturated carbocycles. The number of benzene rings is 2. The van der Waals surface area contributed by atoms with Gasteiger partial charge in [-0.25, -0.2) is 4.79 Å². The predicted octanol–water partition coefficient (Wildman–Crippen LogP) is 3.28. The molecule has 0 aliphatic heterocycles. The summed E-state index contributed by atoms with van der Waals surface area (Å²) < 4.78 is 10.6. The Hall–Kier alpha value is -3.28. The molecule has 1 aromatic heterocycles. The number of ether oxygens (including phenoxy) is 1. The van der Waals surface area contributed by atoms with Crippen molar-refractivity contribution in [2.45, 2.75) is 6.92 Å². The standard InChI is InChI=1S/C17H13NO5/c1-10-3-2-4-12(15-7-8-18-23-15)16(10)22-17(21)11-5-6-13(19)14(20)9-11/h2-9,19-20H,1H3. The van der Waals surface area contributed by atoms with Gasteiger partial charge in [0.05, 0.1) is 17.3 Å². The number of phenolic OH excluding ortho intramolecular Hbond substituents is 2. The van der Waals surface area contributed by atoms with Crippen molar-refractivity contribution in [3.8, 4) is 28.6 Å². The molecule has 0 aliphatic rings. The van der Waals surface area contributed by atoms with Crippen LogP contribution in [0, 0.1) is 6.92 Å². The van der Waals surface area contributed by atoms with E-state index in [1.807, 2.05) is 6.07 Å². The van der Waals surface area contributed by atoms with Gasteiger partial charge in [0.15, 0.2) is 17.3 Å². The Morgan fingerprint density at radius 1 is 1.13 bits per heavy atom. The van der Waals surface area contributed by atoms with Crippen LogP contribution in [0.15, 0.2) is 53.2 Å². The Balaban J connectivity index is 1.96. The summed E-state index contributed by atoms with van der Waals surface area (Å²) >= 11 is 0. The maximum Gasteiger partial charge on any atom is 0.343 e. The van der Waals surface area contributed by atoms with E-state index >= 15 is 0 Å². The average molecular weight is 311 g/mol. The first-order valence-corrected chi connectivity index (χ1v) is 6.81. The lowest BCUT2D eigenvalue weighted by atomic mass is 10.1. The maximum atomic E-state index is 12.3. The second-order valence-corrected chi connectivity index (χ2v) is 4.92. The molecule has 3 aromatic rings. The predicted molar refractivity (Wildman–Crippen MR) is 81.4 cm³/mol. The van der Waals surface area contributed by atoms with E-state index in [-0.39, 0.29) is 17.1 Å². The Bertz CT molecular complexity index is 855. The van der Waals surface area contributed by atoms with Gasteiger partial charge >= 0.3 is 5.97 Å². The minimum Gasteiger partial charge on any atom is -0.504 e. The molecule has 116 valence electrons. The van der Waals surface area contributed by atoms with Crippen molar-refractivity contribution < 1.29 is 24.3 Å². The van der Waals surface area contributed by atoms with Gasteiger partial charge in [0.25, 0.3) is 0 Å². The van der Waals surface area contributed by atoms with Gasteiger partial charge in [-0.2, -0.15) is 0 Å². The Labute approximate surface area is 131 Å². The van der Waals surface area contributed by atoms with Crippen molar-refractivity contribution in [3.63, 3.8) is 0 Å². The molecule has 0 aliphatic carbocycles. The molecule has 0 saturated heterocycles. The smallest absolute Gasteiger partial charge is 0.343 e. The average Bonchev–Trinajstić information content (AvgIpc) is 3.06. The highest BCUT2D eigenvalue weighted by atomic mass is 16.5. The van der Waals surface area contributed by atoms with Crippen LogP contribution in [0.2, 0.25) is 0 Å². The molecule has 3 rings (SSSR count). The van der Waals surface area contributed by atoms with Crippen LogP contribution in [-0.4, -0.2) is 21.3 Å². The van der Waals surface area contributed by atoms with Gasteiger partial charge < -0.3 is 19.5 Å². The number of carbonyl (C=O) groups is 1. The number of nitrogens with zero attached hydrogens (tertiary/aromatic N) is 1. The fourth-order valence-electron chi connectivity index (χ4n) is 2.14. The van der Waals surface area contributed by atoms with Crippen LogP contribution in [0.1, 0.15) is 15.9 Å². The van der Waals surface area contributed by atoms with Crippen molar-refractivity contribution in [2.75, 3.05) is 0 Å². The SMILES string of the molecule is Cc1cccc(-c2ccno2)c1OC(=O)c1ccc(O)c(O)c1. The van der Waals surface area contributed by atoms with E-state index in [2.05, 4.69) is 5.16 Å². The molecule has 6 heteroatoms. The maximum absolute atomic E-state index is 12.3. The molecule has 0 unspecified atom stereocenters. The van der Waals surface area contributed by atoms with Crippen LogP contribution in [-0.2, 0) is 0 Å². The molecule has 2 N–H and O–H groups in total. The fourth-order valence-corrected chi connectivity index (χ4v) is 2.14. The number of aryl methyl sites for hydroxylation is 1. The van der Waals surface area contributed by atoms with E-state index in [9.17, 15) is 15.0 Å². The summed E-state index contributed by atoms with van der Waals surface area (Å²) in [6.45, 7) is 1.80. The number of rotatable bonds is 3. The van der Waals surface area contributed by atoms with Crippen molar-refractivity contribution in [2.24, 2.45) is 0 Å². The highest BCUT2D eigenvalue weighted by Gasteiger charge is 2.17. The summed E-state index contributed by atoms with van der Waals surface area (Å²) in [4.78, 5) is 12.3. The molecule has 0 radical (unpaired) electrons. The molecule has 0 bridgehead atoms. The van der Waals surface area contributed by atoms with Crippen LogP contribution in [0.3, 0.4) is 0 Å². The van der Waals surface area contributed by atoms with Crippen molar-refractivity contribution in [1.82, 2.24) is 5.16 Å². The second-order valence-electron chi connectivity index (χ2n) is 4.92. The molecule has 0 spiro atoms. The quantitative estimate of drug-likeness (QED) is 0.438. The molecule has 0 atom stereocenters. The highest BCUT2D eigenvalue weighted by molar-refractivity contribution is 5.93. The third kappa shape index (κ3) is 2.87. The van der Waals surface area contributed by atoms with Crippen LogP contribution in [0.25, 0.3) is 11.3 Å². The second kappa shape index (κ2) is 5.84. The lowest BCUT2D eigenvalue weighted by Gasteiger charge is -2.11. The van der Waals surface area contributed by atoms with Gasteiger partial charge in [-0.05, 0) is 36.8 Å². The van der Waals surface area contributed by atoms with E-state index < -0.39 is 5.97 Å². The number of aromatic nitrogens is 1. The lowest BCUT2D eigenvalue weighted by molar-refractivity contribution is 0.0733. The van der Waals surface area contributed by atoms with Crippen LogP contribution in [0.5, 0.6) is 17.2 Å². The van der Waals surface area contributed by atoms with Gasteiger partial charge in [-0.15, -0.1) is 0 Å². The highest BCUT2D eigenvalue weighted by Crippen LogP contribution is 2.34. The molecule has 6 nitrogen and oxygen atoms in total. The molecule has 0 amide bonds. The number of esters is 1. The molecular formula is C17H13NO5. The van der Waals surface area contributed by atoms with E-state index in [4.69, 9.17) is 9.26 Å². The van der Waals surface area contributed by atoms with Crippen LogP contribution < -0.4 is 4.74 Å². The summed E-state index contributed by atoms with van der Waals surface area (Å²) in [6, 6.07) is 10.8. The third-order valence-corrected chi connectivity index (χ3v) is 3.32. The van der Waals surface area contributed by atoms with Crippen molar-refractivity contribution in [1.29, 1.82) is 0 Å². The summed E-state index contributed by atoms with van der Waals surface area (Å²) in [7, 11) is 0. The summed E-state index contributed by atoms with van der Waals surface area (Å²) in [6.07, 6.45) is 1.50. The third-order valence-electron chi connectivity index (χ3n) is 3.32. The van der Waals surface area contributed by atoms with Gasteiger partial charge in [0.2, 0.25) is 0 Å². The minimum absolute atomic E-state index is 0.118. The molecule has 1 heterocycles.